The molecule has 0 radical (unpaired) electrons. The Morgan fingerprint density at radius 2 is 2.15 bits per heavy atom. The lowest BCUT2D eigenvalue weighted by molar-refractivity contribution is 0.0612. The monoisotopic (exact) mass is 315 g/mol. The van der Waals surface area contributed by atoms with Gasteiger partial charge >= 0.3 is 0 Å². The number of thiophene rings is 1. The molecule has 0 spiro atoms. The molecule has 20 heavy (non-hydrogen) atoms. The molecule has 2 heterocycles. The van der Waals surface area contributed by atoms with Crippen LogP contribution in [-0.4, -0.2) is 20.1 Å². The summed E-state index contributed by atoms with van der Waals surface area (Å²) in [6, 6.07) is 4.91. The Balaban J connectivity index is 2.16. The first-order valence-electron chi connectivity index (χ1n) is 6.05. The van der Waals surface area contributed by atoms with E-state index in [9.17, 15) is 13.5 Å². The van der Waals surface area contributed by atoms with Gasteiger partial charge in [-0.1, -0.05) is 6.07 Å². The third-order valence-corrected chi connectivity index (χ3v) is 5.79. The van der Waals surface area contributed by atoms with Crippen LogP contribution in [0.15, 0.2) is 32.2 Å². The zero-order valence-electron chi connectivity index (χ0n) is 11.5. The molecule has 0 saturated heterocycles. The van der Waals surface area contributed by atoms with E-state index in [0.29, 0.717) is 17.1 Å². The van der Waals surface area contributed by atoms with Gasteiger partial charge in [0.25, 0.3) is 0 Å². The molecule has 0 fully saturated rings. The molecule has 0 saturated carbocycles. The summed E-state index contributed by atoms with van der Waals surface area (Å²) in [5.74, 6) is 1.27. The minimum atomic E-state index is -3.59. The molecule has 0 aliphatic rings. The van der Waals surface area contributed by atoms with E-state index in [1.165, 1.54) is 6.07 Å². The van der Waals surface area contributed by atoms with E-state index >= 15 is 0 Å². The van der Waals surface area contributed by atoms with Crippen LogP contribution >= 0.6 is 11.3 Å². The summed E-state index contributed by atoms with van der Waals surface area (Å²) in [7, 11) is -3.59. The van der Waals surface area contributed by atoms with E-state index in [0.717, 1.165) is 11.3 Å². The first-order valence-corrected chi connectivity index (χ1v) is 8.42. The molecule has 0 amide bonds. The van der Waals surface area contributed by atoms with Crippen LogP contribution in [0, 0.1) is 13.8 Å². The molecule has 0 aliphatic heterocycles. The van der Waals surface area contributed by atoms with E-state index in [1.54, 1.807) is 38.3 Å². The number of aliphatic hydroxyl groups is 1. The van der Waals surface area contributed by atoms with Gasteiger partial charge in [-0.15, -0.1) is 11.3 Å². The van der Waals surface area contributed by atoms with Crippen LogP contribution in [0.4, 0.5) is 0 Å². The first-order chi connectivity index (χ1) is 9.22. The lowest BCUT2D eigenvalue weighted by atomic mass is 9.97. The fraction of sp³-hybridized carbons (Fsp3) is 0.385. The highest BCUT2D eigenvalue weighted by molar-refractivity contribution is 7.91. The van der Waals surface area contributed by atoms with Gasteiger partial charge in [0.2, 0.25) is 10.0 Å². The first kappa shape index (κ1) is 15.2. The van der Waals surface area contributed by atoms with Crippen molar-refractivity contribution in [1.82, 2.24) is 4.72 Å². The van der Waals surface area contributed by atoms with Gasteiger partial charge in [-0.2, -0.15) is 0 Å². The van der Waals surface area contributed by atoms with Crippen molar-refractivity contribution >= 4 is 21.4 Å². The van der Waals surface area contributed by atoms with E-state index in [4.69, 9.17) is 4.42 Å². The van der Waals surface area contributed by atoms with Crippen LogP contribution < -0.4 is 4.72 Å². The SMILES string of the molecule is Cc1cc(C(C)(O)CNS(=O)(=O)c2cccs2)c(C)o1. The number of nitrogens with one attached hydrogen (secondary N) is 1. The van der Waals surface area contributed by atoms with Crippen molar-refractivity contribution in [1.29, 1.82) is 0 Å². The summed E-state index contributed by atoms with van der Waals surface area (Å²) in [6.07, 6.45) is 0. The zero-order valence-corrected chi connectivity index (χ0v) is 13.1. The van der Waals surface area contributed by atoms with Crippen molar-refractivity contribution in [2.75, 3.05) is 6.54 Å². The van der Waals surface area contributed by atoms with Crippen molar-refractivity contribution in [3.63, 3.8) is 0 Å². The number of hydrogen-bond acceptors (Lipinski definition) is 5. The molecule has 2 aromatic heterocycles. The maximum Gasteiger partial charge on any atom is 0.250 e. The molecule has 110 valence electrons. The Bertz CT molecular complexity index is 684. The maximum absolute atomic E-state index is 12.0. The molecule has 2 rings (SSSR count). The summed E-state index contributed by atoms with van der Waals surface area (Å²) in [5.41, 5.74) is -0.740. The summed E-state index contributed by atoms with van der Waals surface area (Å²) in [4.78, 5) is 0. The quantitative estimate of drug-likeness (QED) is 0.886. The normalized spacial score (nSPS) is 15.2. The fourth-order valence-electron chi connectivity index (χ4n) is 1.98. The third-order valence-electron chi connectivity index (χ3n) is 2.99. The highest BCUT2D eigenvalue weighted by atomic mass is 32.2. The highest BCUT2D eigenvalue weighted by Gasteiger charge is 2.30. The number of furan rings is 1. The van der Waals surface area contributed by atoms with Crippen molar-refractivity contribution in [3.05, 3.63) is 40.7 Å². The topological polar surface area (TPSA) is 79.5 Å². The van der Waals surface area contributed by atoms with Crippen LogP contribution in [0.5, 0.6) is 0 Å². The third kappa shape index (κ3) is 3.12. The molecule has 0 bridgehead atoms. The van der Waals surface area contributed by atoms with Crippen molar-refractivity contribution in [2.45, 2.75) is 30.6 Å². The number of hydrogen-bond donors (Lipinski definition) is 2. The molecule has 7 heteroatoms. The minimum Gasteiger partial charge on any atom is -0.466 e. The van der Waals surface area contributed by atoms with Crippen LogP contribution in [0.25, 0.3) is 0 Å². The van der Waals surface area contributed by atoms with Crippen LogP contribution in [0.2, 0.25) is 0 Å². The second kappa shape index (κ2) is 5.33. The molecule has 1 atom stereocenters. The van der Waals surface area contributed by atoms with Gasteiger partial charge in [0, 0.05) is 12.1 Å². The molecule has 0 aliphatic carbocycles. The summed E-state index contributed by atoms with van der Waals surface area (Å²) < 4.78 is 32.1. The predicted molar refractivity (Wildman–Crippen MR) is 77.3 cm³/mol. The Hall–Kier alpha value is -1.15. The molecule has 2 aromatic rings. The summed E-state index contributed by atoms with van der Waals surface area (Å²) in [6.45, 7) is 4.96. The fourth-order valence-corrected chi connectivity index (χ4v) is 4.15. The Morgan fingerprint density at radius 1 is 1.45 bits per heavy atom. The largest absolute Gasteiger partial charge is 0.466 e. The predicted octanol–water partition coefficient (Wildman–Crippen LogP) is 2.14. The van der Waals surface area contributed by atoms with E-state index in [1.807, 2.05) is 0 Å². The van der Waals surface area contributed by atoms with E-state index in [-0.39, 0.29) is 10.8 Å². The number of sulfonamides is 1. The van der Waals surface area contributed by atoms with Gasteiger partial charge < -0.3 is 9.52 Å². The Morgan fingerprint density at radius 3 is 2.65 bits per heavy atom. The van der Waals surface area contributed by atoms with Gasteiger partial charge in [-0.25, -0.2) is 13.1 Å². The second-order valence-corrected chi connectivity index (χ2v) is 7.80. The smallest absolute Gasteiger partial charge is 0.250 e. The van der Waals surface area contributed by atoms with Gasteiger partial charge in [0.1, 0.15) is 21.3 Å². The molecular formula is C13H17NO4S2. The second-order valence-electron chi connectivity index (χ2n) is 4.86. The standard InChI is InChI=1S/C13H17NO4S2/c1-9-7-11(10(2)18-9)13(3,15)8-14-20(16,17)12-5-4-6-19-12/h4-7,14-15H,8H2,1-3H3. The van der Waals surface area contributed by atoms with Crippen LogP contribution in [-0.2, 0) is 15.6 Å². The molecule has 2 N–H and O–H groups in total. The molecule has 0 aromatic carbocycles. The van der Waals surface area contributed by atoms with E-state index in [2.05, 4.69) is 4.72 Å². The molecular weight excluding hydrogens is 298 g/mol. The molecule has 5 nitrogen and oxygen atoms in total. The van der Waals surface area contributed by atoms with E-state index < -0.39 is 15.6 Å². The number of rotatable bonds is 5. The summed E-state index contributed by atoms with van der Waals surface area (Å²) >= 11 is 1.13. The Labute approximate surface area is 122 Å². The molecule has 1 unspecified atom stereocenters. The van der Waals surface area contributed by atoms with Crippen LogP contribution in [0.3, 0.4) is 0 Å². The lowest BCUT2D eigenvalue weighted by Crippen LogP contribution is -2.38. The highest BCUT2D eigenvalue weighted by Crippen LogP contribution is 2.27. The zero-order chi connectivity index (χ0) is 15.0. The van der Waals surface area contributed by atoms with Gasteiger partial charge in [-0.3, -0.25) is 0 Å². The average molecular weight is 315 g/mol. The maximum atomic E-state index is 12.0. The number of aryl methyl sites for hydroxylation is 2. The van der Waals surface area contributed by atoms with Gasteiger partial charge in [0.05, 0.1) is 0 Å². The lowest BCUT2D eigenvalue weighted by Gasteiger charge is -2.23. The van der Waals surface area contributed by atoms with Crippen molar-refractivity contribution in [2.24, 2.45) is 0 Å². The minimum absolute atomic E-state index is 0.118. The summed E-state index contributed by atoms with van der Waals surface area (Å²) in [5, 5.41) is 12.1. The average Bonchev–Trinajstić information content (AvgIpc) is 2.97. The Kier molecular flexibility index (Phi) is 4.06. The van der Waals surface area contributed by atoms with Crippen molar-refractivity contribution in [3.8, 4) is 0 Å². The van der Waals surface area contributed by atoms with Crippen LogP contribution in [0.1, 0.15) is 24.0 Å². The van der Waals surface area contributed by atoms with Gasteiger partial charge in [0.15, 0.2) is 0 Å². The van der Waals surface area contributed by atoms with Gasteiger partial charge in [-0.05, 0) is 38.3 Å². The van der Waals surface area contributed by atoms with Crippen molar-refractivity contribution < 1.29 is 17.9 Å².